The fourth-order valence-electron chi connectivity index (χ4n) is 2.01. The van der Waals surface area contributed by atoms with Gasteiger partial charge < -0.3 is 9.64 Å². The number of carbonyl (C=O) groups is 1. The van der Waals surface area contributed by atoms with Crippen LogP contribution < -0.4 is 0 Å². The summed E-state index contributed by atoms with van der Waals surface area (Å²) in [5.74, 6) is 0. The summed E-state index contributed by atoms with van der Waals surface area (Å²) in [5.41, 5.74) is 1.13. The number of nitrogens with zero attached hydrogens (tertiary/aromatic N) is 1. The molecule has 1 aliphatic carbocycles. The Morgan fingerprint density at radius 2 is 2.29 bits per heavy atom. The summed E-state index contributed by atoms with van der Waals surface area (Å²) in [7, 11) is 1.78. The van der Waals surface area contributed by atoms with Crippen LogP contribution in [-0.4, -0.2) is 24.1 Å². The van der Waals surface area contributed by atoms with Crippen LogP contribution in [0.25, 0.3) is 0 Å². The van der Waals surface area contributed by atoms with Gasteiger partial charge in [-0.25, -0.2) is 4.79 Å². The maximum atomic E-state index is 11.8. The number of thiophene rings is 1. The van der Waals surface area contributed by atoms with Crippen LogP contribution >= 0.6 is 27.3 Å². The molecule has 1 saturated carbocycles. The van der Waals surface area contributed by atoms with Crippen molar-refractivity contribution in [1.82, 2.24) is 4.90 Å². The minimum absolute atomic E-state index is 0.138. The largest absolute Gasteiger partial charge is 0.446 e. The molecular formula is C12H16BrNO2S. The van der Waals surface area contributed by atoms with Crippen molar-refractivity contribution in [2.45, 2.75) is 38.3 Å². The molecule has 1 aromatic rings. The SMILES string of the molecule is CN(Cc1csc(Br)c1)C(=O)OC1CCCC1. The number of amides is 1. The van der Waals surface area contributed by atoms with Gasteiger partial charge in [0.2, 0.25) is 0 Å². The Morgan fingerprint density at radius 3 is 2.88 bits per heavy atom. The van der Waals surface area contributed by atoms with E-state index in [0.29, 0.717) is 6.54 Å². The van der Waals surface area contributed by atoms with Crippen molar-refractivity contribution in [1.29, 1.82) is 0 Å². The van der Waals surface area contributed by atoms with E-state index in [-0.39, 0.29) is 12.2 Å². The molecule has 3 nitrogen and oxygen atoms in total. The maximum Gasteiger partial charge on any atom is 0.410 e. The normalized spacial score (nSPS) is 16.1. The average Bonchev–Trinajstić information content (AvgIpc) is 2.90. The minimum atomic E-state index is -0.209. The second-order valence-electron chi connectivity index (χ2n) is 4.41. The van der Waals surface area contributed by atoms with Gasteiger partial charge in [-0.1, -0.05) is 0 Å². The molecule has 0 saturated heterocycles. The Morgan fingerprint density at radius 1 is 1.59 bits per heavy atom. The first kappa shape index (κ1) is 12.9. The Balaban J connectivity index is 1.82. The number of hydrogen-bond donors (Lipinski definition) is 0. The van der Waals surface area contributed by atoms with Crippen LogP contribution in [0.2, 0.25) is 0 Å². The summed E-state index contributed by atoms with van der Waals surface area (Å²) in [6.07, 6.45) is 4.32. The lowest BCUT2D eigenvalue weighted by atomic mass is 10.3. The molecule has 5 heteroatoms. The van der Waals surface area contributed by atoms with Gasteiger partial charge in [-0.3, -0.25) is 0 Å². The highest BCUT2D eigenvalue weighted by atomic mass is 79.9. The van der Waals surface area contributed by atoms with E-state index in [0.717, 1.165) is 22.2 Å². The lowest BCUT2D eigenvalue weighted by molar-refractivity contribution is 0.0703. The highest BCUT2D eigenvalue weighted by Crippen LogP contribution is 2.23. The van der Waals surface area contributed by atoms with E-state index in [9.17, 15) is 4.79 Å². The van der Waals surface area contributed by atoms with Crippen molar-refractivity contribution >= 4 is 33.4 Å². The molecule has 0 atom stereocenters. The third-order valence-corrected chi connectivity index (χ3v) is 4.48. The molecule has 0 radical (unpaired) electrons. The van der Waals surface area contributed by atoms with Crippen molar-refractivity contribution in [2.24, 2.45) is 0 Å². The van der Waals surface area contributed by atoms with Crippen molar-refractivity contribution in [3.63, 3.8) is 0 Å². The summed E-state index contributed by atoms with van der Waals surface area (Å²) in [6.45, 7) is 0.605. The van der Waals surface area contributed by atoms with Crippen molar-refractivity contribution in [3.8, 4) is 0 Å². The smallest absolute Gasteiger partial charge is 0.410 e. The second-order valence-corrected chi connectivity index (χ2v) is 6.70. The number of rotatable bonds is 3. The molecule has 0 bridgehead atoms. The predicted octanol–water partition coefficient (Wildman–Crippen LogP) is 4.02. The fourth-order valence-corrected chi connectivity index (χ4v) is 3.21. The molecule has 17 heavy (non-hydrogen) atoms. The lowest BCUT2D eigenvalue weighted by Gasteiger charge is -2.19. The topological polar surface area (TPSA) is 29.5 Å². The summed E-state index contributed by atoms with van der Waals surface area (Å²) >= 11 is 5.04. The standard InChI is InChI=1S/C12H16BrNO2S/c1-14(7-9-6-11(13)17-8-9)12(15)16-10-4-2-3-5-10/h6,8,10H,2-5,7H2,1H3. The first-order valence-electron chi connectivity index (χ1n) is 5.80. The molecule has 0 N–H and O–H groups in total. The van der Waals surface area contributed by atoms with Gasteiger partial charge in [-0.15, -0.1) is 11.3 Å². The maximum absolute atomic E-state index is 11.8. The molecule has 1 fully saturated rings. The van der Waals surface area contributed by atoms with Gasteiger partial charge >= 0.3 is 6.09 Å². The van der Waals surface area contributed by atoms with Crippen LogP contribution in [0, 0.1) is 0 Å². The number of ether oxygens (including phenoxy) is 1. The molecule has 1 aliphatic rings. The van der Waals surface area contributed by atoms with E-state index >= 15 is 0 Å². The van der Waals surface area contributed by atoms with Crippen molar-refractivity contribution in [2.75, 3.05) is 7.05 Å². The van der Waals surface area contributed by atoms with Crippen LogP contribution in [0.15, 0.2) is 15.2 Å². The third-order valence-electron chi connectivity index (χ3n) is 2.92. The second kappa shape index (κ2) is 5.87. The first-order chi connectivity index (χ1) is 8.15. The number of carbonyl (C=O) groups excluding carboxylic acids is 1. The van der Waals surface area contributed by atoms with Crippen molar-refractivity contribution in [3.05, 3.63) is 20.8 Å². The minimum Gasteiger partial charge on any atom is -0.446 e. The fraction of sp³-hybridized carbons (Fsp3) is 0.583. The van der Waals surface area contributed by atoms with E-state index in [1.54, 1.807) is 23.3 Å². The van der Waals surface area contributed by atoms with Gasteiger partial charge in [0.05, 0.1) is 3.79 Å². The predicted molar refractivity (Wildman–Crippen MR) is 72.2 cm³/mol. The van der Waals surface area contributed by atoms with Crippen LogP contribution in [0.3, 0.4) is 0 Å². The Bertz CT molecular complexity index is 388. The zero-order chi connectivity index (χ0) is 12.3. The van der Waals surface area contributed by atoms with Gasteiger partial charge in [0, 0.05) is 13.6 Å². The molecule has 0 aromatic carbocycles. The summed E-state index contributed by atoms with van der Waals surface area (Å²) < 4.78 is 6.52. The summed E-state index contributed by atoms with van der Waals surface area (Å²) in [6, 6.07) is 2.03. The molecule has 1 heterocycles. The van der Waals surface area contributed by atoms with E-state index in [1.165, 1.54) is 12.8 Å². The molecule has 94 valence electrons. The number of halogens is 1. The average molecular weight is 318 g/mol. The number of hydrogen-bond acceptors (Lipinski definition) is 3. The molecule has 0 aliphatic heterocycles. The Kier molecular flexibility index (Phi) is 4.45. The highest BCUT2D eigenvalue weighted by molar-refractivity contribution is 9.11. The highest BCUT2D eigenvalue weighted by Gasteiger charge is 2.21. The van der Waals surface area contributed by atoms with Crippen LogP contribution in [0.5, 0.6) is 0 Å². The molecule has 1 aromatic heterocycles. The van der Waals surface area contributed by atoms with Crippen LogP contribution in [0.1, 0.15) is 31.2 Å². The van der Waals surface area contributed by atoms with Gasteiger partial charge in [0.25, 0.3) is 0 Å². The van der Waals surface area contributed by atoms with E-state index in [1.807, 2.05) is 11.4 Å². The van der Waals surface area contributed by atoms with E-state index in [4.69, 9.17) is 4.74 Å². The zero-order valence-electron chi connectivity index (χ0n) is 9.82. The van der Waals surface area contributed by atoms with Gasteiger partial charge in [-0.05, 0) is 58.6 Å². The van der Waals surface area contributed by atoms with Gasteiger partial charge in [0.15, 0.2) is 0 Å². The van der Waals surface area contributed by atoms with E-state index in [2.05, 4.69) is 15.9 Å². The Labute approximate surface area is 114 Å². The molecule has 0 unspecified atom stereocenters. The van der Waals surface area contributed by atoms with Crippen LogP contribution in [-0.2, 0) is 11.3 Å². The zero-order valence-corrected chi connectivity index (χ0v) is 12.2. The van der Waals surface area contributed by atoms with E-state index < -0.39 is 0 Å². The van der Waals surface area contributed by atoms with Gasteiger partial charge in [-0.2, -0.15) is 0 Å². The van der Waals surface area contributed by atoms with Crippen LogP contribution in [0.4, 0.5) is 4.79 Å². The summed E-state index contributed by atoms with van der Waals surface area (Å²) in [5, 5.41) is 2.05. The Hall–Kier alpha value is -0.550. The van der Waals surface area contributed by atoms with Gasteiger partial charge in [0.1, 0.15) is 6.10 Å². The third kappa shape index (κ3) is 3.71. The van der Waals surface area contributed by atoms with Crippen molar-refractivity contribution < 1.29 is 9.53 Å². The molecule has 2 rings (SSSR count). The molecule has 0 spiro atoms. The molecule has 1 amide bonds. The lowest BCUT2D eigenvalue weighted by Crippen LogP contribution is -2.29. The summed E-state index contributed by atoms with van der Waals surface area (Å²) in [4.78, 5) is 13.4. The first-order valence-corrected chi connectivity index (χ1v) is 7.47. The molecular weight excluding hydrogens is 302 g/mol. The monoisotopic (exact) mass is 317 g/mol. The quantitative estimate of drug-likeness (QED) is 0.842.